The van der Waals surface area contributed by atoms with E-state index in [4.69, 9.17) is 11.6 Å². The average Bonchev–Trinajstić information content (AvgIpc) is 3.22. The van der Waals surface area contributed by atoms with Crippen molar-refractivity contribution in [2.75, 3.05) is 43.5 Å². The van der Waals surface area contributed by atoms with Crippen LogP contribution in [0.15, 0.2) is 30.3 Å². The maximum absolute atomic E-state index is 13.7. The third kappa shape index (κ3) is 6.14. The van der Waals surface area contributed by atoms with Crippen LogP contribution in [0.3, 0.4) is 0 Å². The third-order valence-corrected chi connectivity index (χ3v) is 5.86. The van der Waals surface area contributed by atoms with Gasteiger partial charge >= 0.3 is 6.18 Å². The smallest absolute Gasteiger partial charge is 0.345 e. The molecule has 0 unspecified atom stereocenters. The average molecular weight is 487 g/mol. The Morgan fingerprint density at radius 3 is 2.58 bits per heavy atom. The summed E-state index contributed by atoms with van der Waals surface area (Å²) in [7, 11) is 3.84. The summed E-state index contributed by atoms with van der Waals surface area (Å²) in [4.78, 5) is 23.1. The lowest BCUT2D eigenvalue weighted by atomic mass is 10.1. The number of carbonyl (C=O) groups is 1. The first kappa shape index (κ1) is 25.2. The molecule has 5 nitrogen and oxygen atoms in total. The van der Waals surface area contributed by atoms with E-state index in [-0.39, 0.29) is 22.4 Å². The van der Waals surface area contributed by atoms with Gasteiger partial charge in [0.25, 0.3) is 0 Å². The Morgan fingerprint density at radius 1 is 1.21 bits per heavy atom. The second-order valence-electron chi connectivity index (χ2n) is 8.45. The normalized spacial score (nSPS) is 16.5. The number of aromatic nitrogens is 1. The van der Waals surface area contributed by atoms with Gasteiger partial charge in [-0.25, -0.2) is 9.37 Å². The molecule has 1 atom stereocenters. The zero-order chi connectivity index (χ0) is 24.3. The molecule has 1 amide bonds. The summed E-state index contributed by atoms with van der Waals surface area (Å²) in [6.07, 6.45) is -2.73. The number of nitrogens with zero attached hydrogens (tertiary/aromatic N) is 4. The minimum absolute atomic E-state index is 0.101. The van der Waals surface area contributed by atoms with Crippen LogP contribution >= 0.6 is 11.6 Å². The molecular weight excluding hydrogens is 460 g/mol. The summed E-state index contributed by atoms with van der Waals surface area (Å²) < 4.78 is 53.8. The molecule has 33 heavy (non-hydrogen) atoms. The molecule has 2 aromatic rings. The van der Waals surface area contributed by atoms with Crippen LogP contribution < -0.4 is 9.80 Å². The highest BCUT2D eigenvalue weighted by atomic mass is 35.5. The van der Waals surface area contributed by atoms with Gasteiger partial charge in [-0.1, -0.05) is 11.6 Å². The van der Waals surface area contributed by atoms with Gasteiger partial charge in [0.1, 0.15) is 17.7 Å². The van der Waals surface area contributed by atoms with Crippen LogP contribution in [0, 0.1) is 12.7 Å². The first-order valence-electron chi connectivity index (χ1n) is 10.7. The van der Waals surface area contributed by atoms with Gasteiger partial charge < -0.3 is 14.7 Å². The Kier molecular flexibility index (Phi) is 7.84. The van der Waals surface area contributed by atoms with Crippen LogP contribution in [0.2, 0.25) is 5.02 Å². The Bertz CT molecular complexity index is 999. The fourth-order valence-electron chi connectivity index (χ4n) is 4.00. The molecule has 0 radical (unpaired) electrons. The Morgan fingerprint density at radius 2 is 1.94 bits per heavy atom. The molecule has 180 valence electrons. The second kappa shape index (κ2) is 10.3. The molecule has 1 aliphatic heterocycles. The number of amides is 1. The van der Waals surface area contributed by atoms with Crippen LogP contribution in [0.5, 0.6) is 0 Å². The highest BCUT2D eigenvalue weighted by molar-refractivity contribution is 6.31. The summed E-state index contributed by atoms with van der Waals surface area (Å²) in [5.74, 6) is -0.735. The molecule has 2 heterocycles. The highest BCUT2D eigenvalue weighted by Crippen LogP contribution is 2.34. The molecule has 0 aliphatic carbocycles. The van der Waals surface area contributed by atoms with Crippen LogP contribution in [0.25, 0.3) is 0 Å². The Hall–Kier alpha value is -2.39. The van der Waals surface area contributed by atoms with E-state index in [9.17, 15) is 22.4 Å². The van der Waals surface area contributed by atoms with Gasteiger partial charge in [0.2, 0.25) is 5.91 Å². The van der Waals surface area contributed by atoms with Crippen molar-refractivity contribution in [3.05, 3.63) is 52.4 Å². The summed E-state index contributed by atoms with van der Waals surface area (Å²) in [6, 6.07) is 5.39. The van der Waals surface area contributed by atoms with E-state index in [0.29, 0.717) is 38.0 Å². The van der Waals surface area contributed by atoms with Crippen molar-refractivity contribution >= 4 is 29.0 Å². The lowest BCUT2D eigenvalue weighted by Gasteiger charge is -2.32. The molecule has 3 rings (SSSR count). The lowest BCUT2D eigenvalue weighted by Crippen LogP contribution is -2.47. The number of anilines is 2. The fourth-order valence-corrected chi connectivity index (χ4v) is 4.18. The van der Waals surface area contributed by atoms with Crippen molar-refractivity contribution in [3.63, 3.8) is 0 Å². The van der Waals surface area contributed by atoms with E-state index in [1.54, 1.807) is 4.90 Å². The number of alkyl halides is 3. The van der Waals surface area contributed by atoms with E-state index in [1.807, 2.05) is 19.0 Å². The van der Waals surface area contributed by atoms with Gasteiger partial charge in [-0.15, -0.1) is 0 Å². The van der Waals surface area contributed by atoms with Crippen molar-refractivity contribution in [2.24, 2.45) is 0 Å². The first-order valence-corrected chi connectivity index (χ1v) is 11.1. The van der Waals surface area contributed by atoms with Crippen molar-refractivity contribution in [2.45, 2.75) is 38.4 Å². The predicted octanol–water partition coefficient (Wildman–Crippen LogP) is 5.16. The largest absolute Gasteiger partial charge is 0.416 e. The van der Waals surface area contributed by atoms with Gasteiger partial charge in [-0.2, -0.15) is 13.2 Å². The van der Waals surface area contributed by atoms with E-state index in [1.165, 1.54) is 30.0 Å². The number of pyridine rings is 1. The van der Waals surface area contributed by atoms with Gasteiger partial charge in [-0.3, -0.25) is 4.79 Å². The fraction of sp³-hybridized carbons (Fsp3) is 0.478. The number of rotatable bonds is 7. The maximum Gasteiger partial charge on any atom is 0.416 e. The summed E-state index contributed by atoms with van der Waals surface area (Å²) in [5.41, 5.74) is -0.118. The van der Waals surface area contributed by atoms with Crippen molar-refractivity contribution in [1.82, 2.24) is 9.88 Å². The summed E-state index contributed by atoms with van der Waals surface area (Å²) >= 11 is 5.96. The zero-order valence-electron chi connectivity index (χ0n) is 18.8. The van der Waals surface area contributed by atoms with Gasteiger partial charge in [0.15, 0.2) is 0 Å². The number of aryl methyl sites for hydroxylation is 1. The molecule has 1 aliphatic rings. The van der Waals surface area contributed by atoms with Crippen molar-refractivity contribution in [3.8, 4) is 0 Å². The van der Waals surface area contributed by atoms with E-state index in [0.717, 1.165) is 18.7 Å². The molecule has 10 heteroatoms. The van der Waals surface area contributed by atoms with Gasteiger partial charge in [0.05, 0.1) is 10.6 Å². The molecule has 1 aromatic heterocycles. The van der Waals surface area contributed by atoms with Crippen molar-refractivity contribution in [1.29, 1.82) is 0 Å². The number of halogens is 5. The minimum Gasteiger partial charge on any atom is -0.345 e. The summed E-state index contributed by atoms with van der Waals surface area (Å²) in [5, 5.41) is -0.101. The van der Waals surface area contributed by atoms with E-state index >= 15 is 0 Å². The van der Waals surface area contributed by atoms with Crippen LogP contribution in [-0.4, -0.2) is 55.6 Å². The van der Waals surface area contributed by atoms with E-state index < -0.39 is 23.6 Å². The minimum atomic E-state index is -4.51. The van der Waals surface area contributed by atoms with Crippen LogP contribution in [0.1, 0.15) is 30.5 Å². The Balaban J connectivity index is 1.92. The molecule has 1 fully saturated rings. The first-order chi connectivity index (χ1) is 15.5. The summed E-state index contributed by atoms with van der Waals surface area (Å²) in [6.45, 7) is 3.00. The molecule has 0 saturated carbocycles. The SMILES string of the molecule is Cc1cc(C(F)(F)F)cc(N2CCC[C@H]2C(=O)N(CCCN(C)C)c2ccc(F)c(Cl)c2)n1. The standard InChI is InChI=1S/C23H27ClF4N4O/c1-15-12-16(23(26,27)28)13-21(29-15)32-10-4-6-20(32)22(33)31(11-5-9-30(2)3)17-7-8-19(25)18(24)14-17/h7-8,12-14,20H,4-6,9-11H2,1-3H3/t20-/m0/s1. The maximum atomic E-state index is 13.7. The molecule has 0 spiro atoms. The molecule has 1 saturated heterocycles. The molecule has 1 aromatic carbocycles. The third-order valence-electron chi connectivity index (χ3n) is 5.57. The van der Waals surface area contributed by atoms with Gasteiger partial charge in [-0.05, 0) is 77.2 Å². The van der Waals surface area contributed by atoms with Crippen LogP contribution in [-0.2, 0) is 11.0 Å². The molecule has 0 N–H and O–H groups in total. The topological polar surface area (TPSA) is 39.7 Å². The predicted molar refractivity (Wildman–Crippen MR) is 121 cm³/mol. The Labute approximate surface area is 195 Å². The molecular formula is C23H27ClF4N4O. The zero-order valence-corrected chi connectivity index (χ0v) is 19.5. The monoisotopic (exact) mass is 486 g/mol. The van der Waals surface area contributed by atoms with E-state index in [2.05, 4.69) is 4.98 Å². The van der Waals surface area contributed by atoms with Crippen molar-refractivity contribution < 1.29 is 22.4 Å². The van der Waals surface area contributed by atoms with Crippen LogP contribution in [0.4, 0.5) is 29.1 Å². The van der Waals surface area contributed by atoms with Gasteiger partial charge in [0, 0.05) is 24.5 Å². The number of hydrogen-bond acceptors (Lipinski definition) is 4. The lowest BCUT2D eigenvalue weighted by molar-refractivity contribution is -0.137. The number of benzene rings is 1. The highest BCUT2D eigenvalue weighted by Gasteiger charge is 2.37. The number of hydrogen-bond donors (Lipinski definition) is 0. The quantitative estimate of drug-likeness (QED) is 0.507. The second-order valence-corrected chi connectivity index (χ2v) is 8.86. The number of carbonyl (C=O) groups excluding carboxylic acids is 1. The molecule has 0 bridgehead atoms.